The highest BCUT2D eigenvalue weighted by Crippen LogP contribution is 2.34. The smallest absolute Gasteiger partial charge is 0.292 e. The van der Waals surface area contributed by atoms with Crippen LogP contribution in [0.5, 0.6) is 5.75 Å². The van der Waals surface area contributed by atoms with E-state index in [-0.39, 0.29) is 11.4 Å². The van der Waals surface area contributed by atoms with Crippen molar-refractivity contribution in [2.24, 2.45) is 0 Å². The summed E-state index contributed by atoms with van der Waals surface area (Å²) in [6, 6.07) is 6.23. The van der Waals surface area contributed by atoms with E-state index in [1.165, 1.54) is 5.56 Å². The maximum atomic E-state index is 5.51. The first-order chi connectivity index (χ1) is 8.41. The number of nitrogens with zero attached hydrogens (tertiary/aromatic N) is 1. The van der Waals surface area contributed by atoms with E-state index in [1.807, 2.05) is 6.07 Å². The van der Waals surface area contributed by atoms with E-state index in [1.54, 1.807) is 13.4 Å². The minimum atomic E-state index is 0.0658. The van der Waals surface area contributed by atoms with Gasteiger partial charge in [0.05, 0.1) is 7.11 Å². The van der Waals surface area contributed by atoms with Gasteiger partial charge in [0, 0.05) is 5.56 Å². The molecule has 0 aliphatic rings. The normalized spacial score (nSPS) is 11.6. The van der Waals surface area contributed by atoms with Gasteiger partial charge >= 0.3 is 0 Å². The number of oxazole rings is 1. The van der Waals surface area contributed by atoms with Crippen molar-refractivity contribution in [3.8, 4) is 17.0 Å². The molecule has 0 saturated carbocycles. The van der Waals surface area contributed by atoms with Crippen LogP contribution in [0.2, 0.25) is 0 Å². The maximum Gasteiger partial charge on any atom is 0.292 e. The molecule has 0 spiro atoms. The zero-order valence-corrected chi connectivity index (χ0v) is 11.2. The Bertz CT molecular complexity index is 553. The van der Waals surface area contributed by atoms with Gasteiger partial charge in [-0.2, -0.15) is 4.98 Å². The van der Waals surface area contributed by atoms with Crippen molar-refractivity contribution in [1.82, 2.24) is 4.98 Å². The number of ether oxygens (including phenoxy) is 1. The van der Waals surface area contributed by atoms with Crippen LogP contribution in [0.25, 0.3) is 11.3 Å². The van der Waals surface area contributed by atoms with Gasteiger partial charge in [-0.3, -0.25) is 0 Å². The minimum absolute atomic E-state index is 0.0658. The van der Waals surface area contributed by atoms with Gasteiger partial charge in [-0.25, -0.2) is 0 Å². The molecule has 0 saturated heterocycles. The Morgan fingerprint density at radius 3 is 2.50 bits per heavy atom. The topological polar surface area (TPSA) is 61.3 Å². The van der Waals surface area contributed by atoms with E-state index in [0.29, 0.717) is 5.69 Å². The molecule has 0 fully saturated rings. The average molecular weight is 246 g/mol. The zero-order chi connectivity index (χ0) is 13.3. The van der Waals surface area contributed by atoms with Crippen LogP contribution < -0.4 is 10.5 Å². The molecule has 0 atom stereocenters. The Hall–Kier alpha value is -1.97. The summed E-state index contributed by atoms with van der Waals surface area (Å²) in [4.78, 5) is 4.14. The lowest BCUT2D eigenvalue weighted by Crippen LogP contribution is -2.11. The molecule has 4 nitrogen and oxygen atoms in total. The molecule has 1 aromatic heterocycles. The molecule has 0 unspecified atom stereocenters. The standard InChI is InChI=1S/C14H18N2O2/c1-14(2,3)9-5-6-12(17-4)10(7-9)11-8-18-13(15)16-11/h5-8H,1-4H3,(H2,15,16). The molecular formula is C14H18N2O2. The summed E-state index contributed by atoms with van der Waals surface area (Å²) in [6.07, 6.45) is 1.54. The Kier molecular flexibility index (Phi) is 3.03. The fraction of sp³-hybridized carbons (Fsp3) is 0.357. The van der Waals surface area contributed by atoms with Crippen molar-refractivity contribution < 1.29 is 9.15 Å². The lowest BCUT2D eigenvalue weighted by molar-refractivity contribution is 0.415. The highest BCUT2D eigenvalue weighted by atomic mass is 16.5. The number of benzene rings is 1. The summed E-state index contributed by atoms with van der Waals surface area (Å²) in [6.45, 7) is 6.49. The first kappa shape index (κ1) is 12.5. The Morgan fingerprint density at radius 2 is 2.00 bits per heavy atom. The molecule has 18 heavy (non-hydrogen) atoms. The number of hydrogen-bond donors (Lipinski definition) is 1. The molecule has 1 aromatic carbocycles. The Morgan fingerprint density at radius 1 is 1.28 bits per heavy atom. The number of nitrogens with two attached hydrogens (primary N) is 1. The van der Waals surface area contributed by atoms with Gasteiger partial charge in [0.2, 0.25) is 0 Å². The minimum Gasteiger partial charge on any atom is -0.496 e. The molecule has 0 amide bonds. The first-order valence-electron chi connectivity index (χ1n) is 5.81. The van der Waals surface area contributed by atoms with Crippen molar-refractivity contribution in [2.45, 2.75) is 26.2 Å². The van der Waals surface area contributed by atoms with Gasteiger partial charge in [-0.15, -0.1) is 0 Å². The van der Waals surface area contributed by atoms with Crippen molar-refractivity contribution >= 4 is 6.01 Å². The van der Waals surface area contributed by atoms with Crippen LogP contribution in [-0.2, 0) is 5.41 Å². The molecule has 2 aromatic rings. The molecule has 0 bridgehead atoms. The fourth-order valence-electron chi connectivity index (χ4n) is 1.79. The second kappa shape index (κ2) is 4.37. The predicted molar refractivity (Wildman–Crippen MR) is 71.6 cm³/mol. The third-order valence-corrected chi connectivity index (χ3v) is 2.86. The first-order valence-corrected chi connectivity index (χ1v) is 5.81. The summed E-state index contributed by atoms with van der Waals surface area (Å²) in [7, 11) is 1.64. The molecule has 2 rings (SSSR count). The molecule has 1 heterocycles. The van der Waals surface area contributed by atoms with Gasteiger partial charge in [0.25, 0.3) is 6.01 Å². The van der Waals surface area contributed by atoms with E-state index in [4.69, 9.17) is 14.9 Å². The van der Waals surface area contributed by atoms with E-state index in [9.17, 15) is 0 Å². The third kappa shape index (κ3) is 2.32. The van der Waals surface area contributed by atoms with E-state index in [0.717, 1.165) is 11.3 Å². The van der Waals surface area contributed by atoms with Gasteiger partial charge in [-0.1, -0.05) is 26.8 Å². The highest BCUT2D eigenvalue weighted by molar-refractivity contribution is 5.68. The van der Waals surface area contributed by atoms with E-state index < -0.39 is 0 Å². The summed E-state index contributed by atoms with van der Waals surface area (Å²) < 4.78 is 10.4. The van der Waals surface area contributed by atoms with Crippen LogP contribution in [0.15, 0.2) is 28.9 Å². The van der Waals surface area contributed by atoms with E-state index in [2.05, 4.69) is 37.9 Å². The van der Waals surface area contributed by atoms with Gasteiger partial charge < -0.3 is 14.9 Å². The van der Waals surface area contributed by atoms with Crippen LogP contribution in [0.1, 0.15) is 26.3 Å². The van der Waals surface area contributed by atoms with Crippen LogP contribution >= 0.6 is 0 Å². The lowest BCUT2D eigenvalue weighted by Gasteiger charge is -2.20. The summed E-state index contributed by atoms with van der Waals surface area (Å²) in [5.74, 6) is 0.760. The van der Waals surface area contributed by atoms with Crippen molar-refractivity contribution in [3.05, 3.63) is 30.0 Å². The number of nitrogen functional groups attached to an aromatic ring is 1. The number of aromatic nitrogens is 1. The quantitative estimate of drug-likeness (QED) is 0.883. The molecule has 96 valence electrons. The average Bonchev–Trinajstić information content (AvgIpc) is 2.73. The number of anilines is 1. The monoisotopic (exact) mass is 246 g/mol. The van der Waals surface area contributed by atoms with E-state index >= 15 is 0 Å². The number of hydrogen-bond acceptors (Lipinski definition) is 4. The molecular weight excluding hydrogens is 228 g/mol. The number of rotatable bonds is 2. The van der Waals surface area contributed by atoms with Crippen LogP contribution in [-0.4, -0.2) is 12.1 Å². The second-order valence-electron chi connectivity index (χ2n) is 5.24. The zero-order valence-electron chi connectivity index (χ0n) is 11.2. The largest absolute Gasteiger partial charge is 0.496 e. The van der Waals surface area contributed by atoms with Crippen LogP contribution in [0, 0.1) is 0 Å². The van der Waals surface area contributed by atoms with Gasteiger partial charge in [0.15, 0.2) is 0 Å². The van der Waals surface area contributed by atoms with Gasteiger partial charge in [0.1, 0.15) is 17.7 Å². The predicted octanol–water partition coefficient (Wildman–Crippen LogP) is 3.23. The van der Waals surface area contributed by atoms with Crippen LogP contribution in [0.4, 0.5) is 6.01 Å². The SMILES string of the molecule is COc1ccc(C(C)(C)C)cc1-c1coc(N)n1. The van der Waals surface area contributed by atoms with Gasteiger partial charge in [-0.05, 0) is 23.1 Å². The summed E-state index contributed by atoms with van der Waals surface area (Å²) in [5, 5.41) is 0. The van der Waals surface area contributed by atoms with Crippen molar-refractivity contribution in [1.29, 1.82) is 0 Å². The molecule has 4 heteroatoms. The fourth-order valence-corrected chi connectivity index (χ4v) is 1.79. The molecule has 0 radical (unpaired) electrons. The Labute approximate surface area is 107 Å². The van der Waals surface area contributed by atoms with Crippen molar-refractivity contribution in [2.75, 3.05) is 12.8 Å². The van der Waals surface area contributed by atoms with Crippen molar-refractivity contribution in [3.63, 3.8) is 0 Å². The summed E-state index contributed by atoms with van der Waals surface area (Å²) in [5.41, 5.74) is 8.37. The maximum absolute atomic E-state index is 5.51. The van der Waals surface area contributed by atoms with Crippen LogP contribution in [0.3, 0.4) is 0 Å². The Balaban J connectivity index is 2.56. The molecule has 0 aliphatic heterocycles. The second-order valence-corrected chi connectivity index (χ2v) is 5.24. The highest BCUT2D eigenvalue weighted by Gasteiger charge is 2.18. The lowest BCUT2D eigenvalue weighted by atomic mass is 9.86. The molecule has 0 aliphatic carbocycles. The number of methoxy groups -OCH3 is 1. The molecule has 2 N–H and O–H groups in total. The third-order valence-electron chi connectivity index (χ3n) is 2.86. The summed E-state index contributed by atoms with van der Waals surface area (Å²) >= 11 is 0.